The SMILES string of the molecule is CCCC(NC(=O)[C@@H]1C[C@@H](OC(C)(C)C)CC1C(=O)[C@@H](NC(=O)Cc1c(F)c(F)c(F)c(F)c1F)C1CCCCC1)C(=O)C(=O)NCC(=O)NC(C(N)=O)c1cccc(Cl)c1. The van der Waals surface area contributed by atoms with Crippen LogP contribution in [0.2, 0.25) is 5.02 Å². The molecule has 5 amide bonds. The van der Waals surface area contributed by atoms with Gasteiger partial charge in [-0.25, -0.2) is 22.0 Å². The Morgan fingerprint density at radius 3 is 2.02 bits per heavy atom. The lowest BCUT2D eigenvalue weighted by atomic mass is 9.77. The Hall–Kier alpha value is -4.97. The molecule has 0 aromatic heterocycles. The van der Waals surface area contributed by atoms with E-state index in [1.807, 2.05) is 0 Å². The van der Waals surface area contributed by atoms with Crippen LogP contribution in [-0.4, -0.2) is 71.4 Å². The van der Waals surface area contributed by atoms with Crippen LogP contribution in [0, 0.1) is 46.8 Å². The highest BCUT2D eigenvalue weighted by molar-refractivity contribution is 6.38. The first-order chi connectivity index (χ1) is 28.6. The number of ketones is 2. The van der Waals surface area contributed by atoms with Gasteiger partial charge in [0.2, 0.25) is 35.2 Å². The molecule has 6 atom stereocenters. The van der Waals surface area contributed by atoms with Gasteiger partial charge in [0, 0.05) is 16.5 Å². The third-order valence-corrected chi connectivity index (χ3v) is 11.0. The van der Waals surface area contributed by atoms with Crippen molar-refractivity contribution in [3.05, 3.63) is 69.5 Å². The van der Waals surface area contributed by atoms with Gasteiger partial charge in [-0.2, -0.15) is 0 Å². The van der Waals surface area contributed by atoms with Gasteiger partial charge in [0.1, 0.15) is 6.04 Å². The summed E-state index contributed by atoms with van der Waals surface area (Å²) >= 11 is 5.99. The highest BCUT2D eigenvalue weighted by Crippen LogP contribution is 2.40. The number of benzene rings is 2. The van der Waals surface area contributed by atoms with Crippen molar-refractivity contribution in [1.29, 1.82) is 0 Å². The Bertz CT molecular complexity index is 1980. The van der Waals surface area contributed by atoms with Crippen molar-refractivity contribution in [1.82, 2.24) is 21.3 Å². The van der Waals surface area contributed by atoms with Crippen LogP contribution in [0.4, 0.5) is 22.0 Å². The van der Waals surface area contributed by atoms with Gasteiger partial charge in [0.15, 0.2) is 29.1 Å². The van der Waals surface area contributed by atoms with Gasteiger partial charge in [-0.3, -0.25) is 33.6 Å². The predicted octanol–water partition coefficient (Wildman–Crippen LogP) is 4.74. The average Bonchev–Trinajstić information content (AvgIpc) is 3.63. The molecule has 61 heavy (non-hydrogen) atoms. The number of ether oxygens (including phenoxy) is 1. The first-order valence-corrected chi connectivity index (χ1v) is 20.5. The van der Waals surface area contributed by atoms with Crippen molar-refractivity contribution < 1.29 is 60.3 Å². The maximum absolute atomic E-state index is 14.6. The molecule has 19 heteroatoms. The summed E-state index contributed by atoms with van der Waals surface area (Å²) in [5, 5.41) is 9.89. The molecule has 6 N–H and O–H groups in total. The zero-order valence-corrected chi connectivity index (χ0v) is 35.0. The van der Waals surface area contributed by atoms with Crippen LogP contribution >= 0.6 is 11.6 Å². The van der Waals surface area contributed by atoms with E-state index in [9.17, 15) is 55.5 Å². The second-order valence-electron chi connectivity index (χ2n) is 16.5. The van der Waals surface area contributed by atoms with E-state index < -0.39 is 136 Å². The number of primary amides is 1. The first-order valence-electron chi connectivity index (χ1n) is 20.1. The number of rotatable bonds is 18. The number of Topliss-reactive ketones (excluding diaryl/α,β-unsaturated/α-hetero) is 2. The van der Waals surface area contributed by atoms with Crippen LogP contribution in [0.5, 0.6) is 0 Å². The van der Waals surface area contributed by atoms with Gasteiger partial charge in [0.05, 0.1) is 42.7 Å². The number of nitrogens with one attached hydrogen (secondary N) is 4. The van der Waals surface area contributed by atoms with Crippen molar-refractivity contribution in [2.24, 2.45) is 23.5 Å². The van der Waals surface area contributed by atoms with Crippen molar-refractivity contribution in [3.63, 3.8) is 0 Å². The number of amides is 5. The smallest absolute Gasteiger partial charge is 0.290 e. The zero-order chi connectivity index (χ0) is 45.3. The van der Waals surface area contributed by atoms with E-state index in [1.165, 1.54) is 18.2 Å². The van der Waals surface area contributed by atoms with Gasteiger partial charge in [-0.1, -0.05) is 56.3 Å². The lowest BCUT2D eigenvalue weighted by Crippen LogP contribution is -2.53. The molecule has 2 fully saturated rings. The minimum atomic E-state index is -2.39. The maximum atomic E-state index is 14.6. The van der Waals surface area contributed by atoms with Crippen molar-refractivity contribution >= 4 is 52.7 Å². The molecule has 2 saturated carbocycles. The normalized spacial score (nSPS) is 19.6. The summed E-state index contributed by atoms with van der Waals surface area (Å²) in [5.74, 6) is -20.7. The number of carbonyl (C=O) groups is 7. The molecule has 0 spiro atoms. The maximum Gasteiger partial charge on any atom is 0.290 e. The van der Waals surface area contributed by atoms with Gasteiger partial charge < -0.3 is 31.7 Å². The van der Waals surface area contributed by atoms with Gasteiger partial charge in [-0.15, -0.1) is 0 Å². The fraction of sp³-hybridized carbons (Fsp3) is 0.548. The Labute approximate surface area is 354 Å². The third-order valence-electron chi connectivity index (χ3n) is 10.7. The largest absolute Gasteiger partial charge is 0.373 e. The molecule has 3 unspecified atom stereocenters. The van der Waals surface area contributed by atoms with Gasteiger partial charge in [-0.05, 0) is 76.5 Å². The third kappa shape index (κ3) is 12.8. The van der Waals surface area contributed by atoms with Crippen molar-refractivity contribution in [3.8, 4) is 0 Å². The van der Waals surface area contributed by atoms with E-state index in [0.717, 1.165) is 6.42 Å². The van der Waals surface area contributed by atoms with Crippen LogP contribution in [-0.2, 0) is 44.7 Å². The second kappa shape index (κ2) is 21.2. The van der Waals surface area contributed by atoms with E-state index in [2.05, 4.69) is 21.3 Å². The highest BCUT2D eigenvalue weighted by Gasteiger charge is 2.48. The summed E-state index contributed by atoms with van der Waals surface area (Å²) in [6, 6.07) is 1.97. The van der Waals surface area contributed by atoms with Crippen LogP contribution < -0.4 is 27.0 Å². The van der Waals surface area contributed by atoms with Crippen molar-refractivity contribution in [2.45, 2.75) is 122 Å². The van der Waals surface area contributed by atoms with Gasteiger partial charge in [0.25, 0.3) is 5.91 Å². The number of carbonyl (C=O) groups excluding carboxylic acids is 7. The first kappa shape index (κ1) is 48.7. The van der Waals surface area contributed by atoms with E-state index in [1.54, 1.807) is 33.8 Å². The predicted molar refractivity (Wildman–Crippen MR) is 211 cm³/mol. The Morgan fingerprint density at radius 1 is 0.836 bits per heavy atom. The highest BCUT2D eigenvalue weighted by atomic mass is 35.5. The molecule has 2 aromatic rings. The quantitative estimate of drug-likeness (QED) is 0.0612. The molecule has 2 aromatic carbocycles. The summed E-state index contributed by atoms with van der Waals surface area (Å²) in [7, 11) is 0. The zero-order valence-electron chi connectivity index (χ0n) is 34.2. The lowest BCUT2D eigenvalue weighted by Gasteiger charge is -2.33. The Kier molecular flexibility index (Phi) is 16.9. The molecule has 0 aliphatic heterocycles. The summed E-state index contributed by atoms with van der Waals surface area (Å²) in [6.45, 7) is 6.24. The summed E-state index contributed by atoms with van der Waals surface area (Å²) in [4.78, 5) is 93.3. The van der Waals surface area contributed by atoms with E-state index in [-0.39, 0.29) is 29.8 Å². The fourth-order valence-corrected chi connectivity index (χ4v) is 8.16. The molecule has 0 bridgehead atoms. The molecular formula is C42H51ClF5N5O8. The monoisotopic (exact) mass is 883 g/mol. The number of halogens is 6. The minimum absolute atomic E-state index is 0.00556. The number of hydrogen-bond donors (Lipinski definition) is 5. The lowest BCUT2D eigenvalue weighted by molar-refractivity contribution is -0.142. The molecular weight excluding hydrogens is 833 g/mol. The molecule has 0 heterocycles. The number of nitrogens with two attached hydrogens (primary N) is 1. The van der Waals surface area contributed by atoms with Crippen molar-refractivity contribution in [2.75, 3.05) is 6.54 Å². The van der Waals surface area contributed by atoms with Crippen LogP contribution in [0.3, 0.4) is 0 Å². The molecule has 334 valence electrons. The van der Waals surface area contributed by atoms with Crippen LogP contribution in [0.1, 0.15) is 103 Å². The fourth-order valence-electron chi connectivity index (χ4n) is 7.96. The molecule has 4 rings (SSSR count). The summed E-state index contributed by atoms with van der Waals surface area (Å²) in [6.07, 6.45) is 1.41. The molecule has 0 saturated heterocycles. The molecule has 2 aliphatic rings. The molecule has 2 aliphatic carbocycles. The summed E-state index contributed by atoms with van der Waals surface area (Å²) < 4.78 is 76.9. The average molecular weight is 884 g/mol. The Morgan fingerprint density at radius 2 is 1.44 bits per heavy atom. The van der Waals surface area contributed by atoms with E-state index in [4.69, 9.17) is 22.1 Å². The number of hydrogen-bond acceptors (Lipinski definition) is 8. The van der Waals surface area contributed by atoms with Crippen LogP contribution in [0.15, 0.2) is 24.3 Å². The molecule has 0 radical (unpaired) electrons. The van der Waals surface area contributed by atoms with Gasteiger partial charge >= 0.3 is 0 Å². The van der Waals surface area contributed by atoms with E-state index in [0.29, 0.717) is 32.1 Å². The molecule has 13 nitrogen and oxygen atoms in total. The minimum Gasteiger partial charge on any atom is -0.373 e. The van der Waals surface area contributed by atoms with Crippen LogP contribution in [0.25, 0.3) is 0 Å². The van der Waals surface area contributed by atoms with E-state index >= 15 is 0 Å². The Balaban J connectivity index is 1.53. The standard InChI is InChI=1S/C42H51ClF5N5O8/c1-5-10-27(38(57)41(60)50-19-29(55)53-36(39(49)58)21-13-9-14-22(43)15-21)51-40(59)25-17-23(61-42(2,3)4)16-24(25)37(56)35(20-11-7-6-8-12-20)52-28(54)18-26-30(44)32(46)34(48)33(47)31(26)45/h9,13-15,20,23-25,27,35-36H,5-8,10-12,16-19H2,1-4H3,(H2,49,58)(H,50,60)(H,51,59)(H,52,54)(H,53,55)/t23-,24?,25+,27?,35-,36?/m0/s1. The summed E-state index contributed by atoms with van der Waals surface area (Å²) in [5.41, 5.74) is 3.63. The topological polar surface area (TPSA) is 203 Å². The second-order valence-corrected chi connectivity index (χ2v) is 16.9.